The summed E-state index contributed by atoms with van der Waals surface area (Å²) in [6, 6.07) is 0. The predicted octanol–water partition coefficient (Wildman–Crippen LogP) is 4.40. The second kappa shape index (κ2) is 14.3. The molecule has 0 saturated carbocycles. The molecule has 1 unspecified atom stereocenters. The number of nitrogens with one attached hydrogen (secondary N) is 1. The third-order valence-electron chi connectivity index (χ3n) is 3.75. The maximum atomic E-state index is 12.7. The SMILES string of the molecule is CCOP(=O)(COCC(CC(C)(C)C)ON(O[SiH](C)C)c1ncnc(Cl)c1NC=O)OCC. The van der Waals surface area contributed by atoms with Gasteiger partial charge >= 0.3 is 7.60 Å². The van der Waals surface area contributed by atoms with Crippen LogP contribution in [0.2, 0.25) is 18.2 Å². The lowest BCUT2D eigenvalue weighted by Crippen LogP contribution is -2.38. The number of hydrogen-bond donors (Lipinski definition) is 1. The minimum absolute atomic E-state index is 0.0349. The highest BCUT2D eigenvalue weighted by Crippen LogP contribution is 2.48. The number of ether oxygens (including phenoxy) is 1. The molecule has 1 N–H and O–H groups in total. The number of nitrogens with zero attached hydrogens (tertiary/aromatic N) is 3. The molecule has 190 valence electrons. The fourth-order valence-corrected chi connectivity index (χ4v) is 4.79. The Bertz CT molecular complexity index is 775. The minimum Gasteiger partial charge on any atom is -0.366 e. The molecule has 1 heterocycles. The van der Waals surface area contributed by atoms with Gasteiger partial charge in [-0.1, -0.05) is 32.4 Å². The summed E-state index contributed by atoms with van der Waals surface area (Å²) in [7, 11) is -5.05. The van der Waals surface area contributed by atoms with Gasteiger partial charge in [-0.25, -0.2) is 14.8 Å². The van der Waals surface area contributed by atoms with Crippen molar-refractivity contribution >= 4 is 46.2 Å². The van der Waals surface area contributed by atoms with Crippen LogP contribution in [0.25, 0.3) is 0 Å². The summed E-state index contributed by atoms with van der Waals surface area (Å²) in [6.45, 7) is 14.1. The molecular weight excluding hydrogens is 491 g/mol. The van der Waals surface area contributed by atoms with Gasteiger partial charge in [-0.15, -0.1) is 5.23 Å². The highest BCUT2D eigenvalue weighted by molar-refractivity contribution is 7.53. The Morgan fingerprint density at radius 2 is 1.88 bits per heavy atom. The van der Waals surface area contributed by atoms with Crippen LogP contribution in [0, 0.1) is 5.41 Å². The Kier molecular flexibility index (Phi) is 13.0. The molecule has 0 aliphatic heterocycles. The number of halogens is 1. The summed E-state index contributed by atoms with van der Waals surface area (Å²) in [4.78, 5) is 25.3. The highest BCUT2D eigenvalue weighted by Gasteiger charge is 2.29. The van der Waals surface area contributed by atoms with Crippen molar-refractivity contribution in [1.82, 2.24) is 9.97 Å². The summed E-state index contributed by atoms with van der Waals surface area (Å²) < 4.78 is 34.9. The number of anilines is 2. The van der Waals surface area contributed by atoms with Crippen LogP contribution >= 0.6 is 19.2 Å². The van der Waals surface area contributed by atoms with E-state index in [1.165, 1.54) is 6.33 Å². The molecule has 0 aliphatic rings. The molecule has 1 atom stereocenters. The standard InChI is InChI=1S/C19H36ClN4O7PSi/c1-8-28-32(26,29-9-2)14-27-11-15(10-19(3,4)5)30-24(31-33(6)7)18-16(23-13-25)17(20)21-12-22-18/h12-13,15,33H,8-11,14H2,1-7H3,(H,23,25). The quantitative estimate of drug-likeness (QED) is 0.109. The maximum Gasteiger partial charge on any atom is 0.356 e. The van der Waals surface area contributed by atoms with E-state index >= 15 is 0 Å². The molecule has 0 fully saturated rings. The van der Waals surface area contributed by atoms with Gasteiger partial charge in [0.15, 0.2) is 5.15 Å². The molecule has 0 aliphatic carbocycles. The van der Waals surface area contributed by atoms with Crippen LogP contribution in [0.5, 0.6) is 0 Å². The first kappa shape index (κ1) is 29.9. The van der Waals surface area contributed by atoms with Crippen LogP contribution in [0.3, 0.4) is 0 Å². The van der Waals surface area contributed by atoms with Gasteiger partial charge in [0.1, 0.15) is 24.5 Å². The van der Waals surface area contributed by atoms with E-state index in [0.29, 0.717) is 12.8 Å². The molecule has 0 aromatic carbocycles. The molecule has 14 heteroatoms. The van der Waals surface area contributed by atoms with E-state index in [0.717, 1.165) is 5.23 Å². The third kappa shape index (κ3) is 11.2. The van der Waals surface area contributed by atoms with Crippen molar-refractivity contribution in [3.05, 3.63) is 11.5 Å². The molecule has 1 aromatic heterocycles. The minimum atomic E-state index is -3.37. The van der Waals surface area contributed by atoms with E-state index in [2.05, 4.69) is 36.1 Å². The fourth-order valence-electron chi connectivity index (χ4n) is 2.74. The van der Waals surface area contributed by atoms with Gasteiger partial charge < -0.3 is 19.1 Å². The van der Waals surface area contributed by atoms with Crippen LogP contribution in [0.1, 0.15) is 41.0 Å². The van der Waals surface area contributed by atoms with Crippen LogP contribution in [0.15, 0.2) is 6.33 Å². The zero-order chi connectivity index (χ0) is 25.1. The number of carbonyl (C=O) groups is 1. The van der Waals surface area contributed by atoms with Crippen molar-refractivity contribution in [1.29, 1.82) is 0 Å². The van der Waals surface area contributed by atoms with E-state index in [1.54, 1.807) is 13.8 Å². The van der Waals surface area contributed by atoms with Gasteiger partial charge in [0, 0.05) is 0 Å². The van der Waals surface area contributed by atoms with Crippen LogP contribution in [-0.2, 0) is 32.5 Å². The summed E-state index contributed by atoms with van der Waals surface area (Å²) >= 11 is 6.14. The van der Waals surface area contributed by atoms with E-state index < -0.39 is 22.7 Å². The van der Waals surface area contributed by atoms with Crippen molar-refractivity contribution in [3.8, 4) is 0 Å². The summed E-state index contributed by atoms with van der Waals surface area (Å²) in [5, 5.41) is 3.67. The molecule has 0 bridgehead atoms. The molecular formula is C19H36ClN4O7PSi. The normalized spacial score (nSPS) is 13.2. The van der Waals surface area contributed by atoms with Crippen LogP contribution < -0.4 is 10.5 Å². The second-order valence-corrected chi connectivity index (χ2v) is 13.1. The van der Waals surface area contributed by atoms with E-state index in [9.17, 15) is 9.36 Å². The van der Waals surface area contributed by atoms with Gasteiger partial charge in [0.05, 0.1) is 19.8 Å². The molecule has 1 amide bonds. The monoisotopic (exact) mass is 526 g/mol. The first-order valence-electron chi connectivity index (χ1n) is 10.7. The Hall–Kier alpha value is -1.11. The lowest BCUT2D eigenvalue weighted by molar-refractivity contribution is -0.108. The van der Waals surface area contributed by atoms with Gasteiger partial charge in [0.2, 0.25) is 21.3 Å². The van der Waals surface area contributed by atoms with Crippen molar-refractivity contribution in [2.45, 2.75) is 60.2 Å². The van der Waals surface area contributed by atoms with E-state index in [1.807, 2.05) is 13.1 Å². The summed E-state index contributed by atoms with van der Waals surface area (Å²) in [5.74, 6) is 0.150. The molecule has 1 rings (SSSR count). The number of hydrogen-bond acceptors (Lipinski definition) is 10. The van der Waals surface area contributed by atoms with E-state index in [-0.39, 0.29) is 48.2 Å². The number of rotatable bonds is 16. The van der Waals surface area contributed by atoms with Gasteiger partial charge in [-0.2, -0.15) is 0 Å². The lowest BCUT2D eigenvalue weighted by Gasteiger charge is -2.32. The Morgan fingerprint density at radius 3 is 2.39 bits per heavy atom. The Balaban J connectivity index is 3.12. The molecule has 0 saturated heterocycles. The first-order valence-corrected chi connectivity index (χ1v) is 15.6. The van der Waals surface area contributed by atoms with E-state index in [4.69, 9.17) is 34.7 Å². The van der Waals surface area contributed by atoms with Crippen LogP contribution in [0.4, 0.5) is 11.5 Å². The smallest absolute Gasteiger partial charge is 0.356 e. The van der Waals surface area contributed by atoms with Crippen molar-refractivity contribution < 1.29 is 32.5 Å². The molecule has 0 radical (unpaired) electrons. The summed E-state index contributed by atoms with van der Waals surface area (Å²) in [6.07, 6.45) is 1.54. The van der Waals surface area contributed by atoms with Crippen molar-refractivity contribution in [2.24, 2.45) is 5.41 Å². The Labute approximate surface area is 202 Å². The Morgan fingerprint density at radius 1 is 1.24 bits per heavy atom. The zero-order valence-corrected chi connectivity index (χ0v) is 23.2. The zero-order valence-electron chi connectivity index (χ0n) is 20.4. The van der Waals surface area contributed by atoms with Gasteiger partial charge in [-0.05, 0) is 38.8 Å². The van der Waals surface area contributed by atoms with Crippen molar-refractivity contribution in [2.75, 3.05) is 36.7 Å². The molecule has 11 nitrogen and oxygen atoms in total. The number of carbonyl (C=O) groups excluding carboxylic acids is 1. The largest absolute Gasteiger partial charge is 0.366 e. The second-order valence-electron chi connectivity index (χ2n) is 8.48. The maximum absolute atomic E-state index is 12.7. The molecule has 33 heavy (non-hydrogen) atoms. The average Bonchev–Trinajstić information content (AvgIpc) is 2.68. The van der Waals surface area contributed by atoms with Gasteiger partial charge in [-0.3, -0.25) is 13.9 Å². The van der Waals surface area contributed by atoms with Crippen LogP contribution in [-0.4, -0.2) is 57.7 Å². The molecule has 1 aromatic rings. The summed E-state index contributed by atoms with van der Waals surface area (Å²) in [5.41, 5.74) is 0.0162. The fraction of sp³-hybridized carbons (Fsp3) is 0.737. The average molecular weight is 527 g/mol. The molecule has 0 spiro atoms. The highest BCUT2D eigenvalue weighted by atomic mass is 35.5. The number of aromatic nitrogens is 2. The predicted molar refractivity (Wildman–Crippen MR) is 130 cm³/mol. The van der Waals surface area contributed by atoms with Crippen molar-refractivity contribution in [3.63, 3.8) is 0 Å². The van der Waals surface area contributed by atoms with Gasteiger partial charge in [0.25, 0.3) is 0 Å². The lowest BCUT2D eigenvalue weighted by atomic mass is 9.89. The third-order valence-corrected chi connectivity index (χ3v) is 6.46. The number of amides is 1. The first-order chi connectivity index (χ1) is 15.4. The topological polar surface area (TPSA) is 121 Å².